The van der Waals surface area contributed by atoms with Crippen LogP contribution >= 0.6 is 11.3 Å². The first-order valence-electron chi connectivity index (χ1n) is 8.36. The number of amides is 2. The van der Waals surface area contributed by atoms with E-state index in [9.17, 15) is 9.59 Å². The van der Waals surface area contributed by atoms with Gasteiger partial charge in [-0.25, -0.2) is 4.98 Å². The summed E-state index contributed by atoms with van der Waals surface area (Å²) in [5, 5.41) is 4.41. The summed E-state index contributed by atoms with van der Waals surface area (Å²) in [4.78, 5) is 33.0. The summed E-state index contributed by atoms with van der Waals surface area (Å²) in [5.74, 6) is -0.300. The summed E-state index contributed by atoms with van der Waals surface area (Å²) >= 11 is 1.38. The normalized spacial score (nSPS) is 18.1. The van der Waals surface area contributed by atoms with Gasteiger partial charge in [-0.3, -0.25) is 14.5 Å². The van der Waals surface area contributed by atoms with E-state index in [1.165, 1.54) is 16.9 Å². The van der Waals surface area contributed by atoms with E-state index in [0.29, 0.717) is 18.8 Å². The van der Waals surface area contributed by atoms with Gasteiger partial charge in [0.25, 0.3) is 5.91 Å². The van der Waals surface area contributed by atoms with E-state index in [0.717, 1.165) is 19.5 Å². The van der Waals surface area contributed by atoms with Crippen molar-refractivity contribution >= 4 is 23.2 Å². The minimum Gasteiger partial charge on any atom is -0.357 e. The second-order valence-electron chi connectivity index (χ2n) is 6.04. The van der Waals surface area contributed by atoms with Gasteiger partial charge in [0, 0.05) is 38.6 Å². The largest absolute Gasteiger partial charge is 0.357 e. The van der Waals surface area contributed by atoms with Gasteiger partial charge in [-0.05, 0) is 12.0 Å². The van der Waals surface area contributed by atoms with Crippen molar-refractivity contribution in [3.8, 4) is 0 Å². The first kappa shape index (κ1) is 17.6. The van der Waals surface area contributed by atoms with Crippen molar-refractivity contribution in [2.45, 2.75) is 12.5 Å². The molecule has 132 valence electrons. The molecule has 1 aromatic heterocycles. The van der Waals surface area contributed by atoms with Gasteiger partial charge in [0.1, 0.15) is 11.7 Å². The molecule has 1 aromatic carbocycles. The first-order valence-corrected chi connectivity index (χ1v) is 9.30. The molecule has 3 rings (SSSR count). The number of rotatable bonds is 5. The van der Waals surface area contributed by atoms with Crippen molar-refractivity contribution in [2.75, 3.05) is 33.2 Å². The lowest BCUT2D eigenvalue weighted by Gasteiger charge is -2.40. The zero-order valence-corrected chi connectivity index (χ0v) is 15.0. The predicted octanol–water partition coefficient (Wildman–Crippen LogP) is 1.26. The van der Waals surface area contributed by atoms with E-state index < -0.39 is 6.04 Å². The first-order chi connectivity index (χ1) is 12.2. The molecular formula is C18H22N4O2S. The minimum atomic E-state index is -0.483. The lowest BCUT2D eigenvalue weighted by atomic mass is 10.1. The van der Waals surface area contributed by atoms with E-state index in [2.05, 4.69) is 27.3 Å². The molecule has 6 nitrogen and oxygen atoms in total. The maximum absolute atomic E-state index is 12.6. The van der Waals surface area contributed by atoms with E-state index in [-0.39, 0.29) is 11.8 Å². The molecule has 7 heteroatoms. The third-order valence-corrected chi connectivity index (χ3v) is 5.07. The van der Waals surface area contributed by atoms with Crippen molar-refractivity contribution in [3.05, 3.63) is 52.5 Å². The lowest BCUT2D eigenvalue weighted by molar-refractivity contribution is -0.127. The molecule has 1 N–H and O–H groups in total. The average molecular weight is 358 g/mol. The second-order valence-corrected chi connectivity index (χ2v) is 6.76. The van der Waals surface area contributed by atoms with E-state index in [1.54, 1.807) is 22.8 Å². The smallest absolute Gasteiger partial charge is 0.274 e. The van der Waals surface area contributed by atoms with Crippen LogP contribution in [0.25, 0.3) is 0 Å². The fourth-order valence-electron chi connectivity index (χ4n) is 3.07. The fourth-order valence-corrected chi connectivity index (χ4v) is 3.60. The predicted molar refractivity (Wildman–Crippen MR) is 97.6 cm³/mol. The number of thiazole rings is 1. The fraction of sp³-hybridized carbons (Fsp3) is 0.389. The van der Waals surface area contributed by atoms with Crippen LogP contribution in [0.3, 0.4) is 0 Å². The highest BCUT2D eigenvalue weighted by atomic mass is 32.1. The van der Waals surface area contributed by atoms with Crippen LogP contribution < -0.4 is 5.32 Å². The summed E-state index contributed by atoms with van der Waals surface area (Å²) < 4.78 is 0. The molecule has 0 aliphatic carbocycles. The Morgan fingerprint density at radius 3 is 2.76 bits per heavy atom. The van der Waals surface area contributed by atoms with Gasteiger partial charge < -0.3 is 10.2 Å². The Kier molecular flexibility index (Phi) is 5.78. The highest BCUT2D eigenvalue weighted by Crippen LogP contribution is 2.15. The number of nitrogens with zero attached hydrogens (tertiary/aromatic N) is 3. The van der Waals surface area contributed by atoms with E-state index in [1.807, 2.05) is 18.2 Å². The maximum Gasteiger partial charge on any atom is 0.274 e. The molecule has 1 aliphatic heterocycles. The average Bonchev–Trinajstić information content (AvgIpc) is 3.20. The van der Waals surface area contributed by atoms with Gasteiger partial charge in [0.05, 0.1) is 5.51 Å². The van der Waals surface area contributed by atoms with Crippen molar-refractivity contribution in [2.24, 2.45) is 0 Å². The molecule has 0 bridgehead atoms. The van der Waals surface area contributed by atoms with Crippen LogP contribution in [0.4, 0.5) is 0 Å². The number of nitrogens with one attached hydrogen (secondary N) is 1. The Morgan fingerprint density at radius 2 is 2.08 bits per heavy atom. The molecule has 25 heavy (non-hydrogen) atoms. The number of likely N-dealkylation sites (N-methyl/N-ethyl adjacent to an activating group) is 1. The minimum absolute atomic E-state index is 0.131. The Labute approximate surface area is 151 Å². The molecule has 1 saturated heterocycles. The monoisotopic (exact) mass is 358 g/mol. The summed E-state index contributed by atoms with van der Waals surface area (Å²) in [6.07, 6.45) is 0.932. The molecule has 0 spiro atoms. The summed E-state index contributed by atoms with van der Waals surface area (Å²) in [6.45, 7) is 2.71. The van der Waals surface area contributed by atoms with Gasteiger partial charge in [0.15, 0.2) is 0 Å². The molecule has 0 saturated carbocycles. The van der Waals surface area contributed by atoms with Crippen molar-refractivity contribution in [1.82, 2.24) is 20.1 Å². The number of benzene rings is 1. The number of hydrogen-bond donors (Lipinski definition) is 1. The van der Waals surface area contributed by atoms with E-state index in [4.69, 9.17) is 0 Å². The summed E-state index contributed by atoms with van der Waals surface area (Å²) in [6, 6.07) is 9.81. The Balaban J connectivity index is 1.66. The van der Waals surface area contributed by atoms with Gasteiger partial charge in [-0.1, -0.05) is 30.3 Å². The van der Waals surface area contributed by atoms with Crippen LogP contribution in [0.15, 0.2) is 41.2 Å². The van der Waals surface area contributed by atoms with Gasteiger partial charge in [-0.2, -0.15) is 0 Å². The second kappa shape index (κ2) is 8.22. The Hall–Kier alpha value is -2.25. The maximum atomic E-state index is 12.6. The van der Waals surface area contributed by atoms with Crippen molar-refractivity contribution in [1.29, 1.82) is 0 Å². The molecule has 1 atom stereocenters. The van der Waals surface area contributed by atoms with Gasteiger partial charge in [-0.15, -0.1) is 11.3 Å². The number of carbonyl (C=O) groups is 2. The zero-order chi connectivity index (χ0) is 17.6. The number of hydrogen-bond acceptors (Lipinski definition) is 5. The SMILES string of the molecule is CNC(=O)C1CN(CCc2ccccc2)CCN1C(=O)c1cscn1. The van der Waals surface area contributed by atoms with Crippen molar-refractivity contribution < 1.29 is 9.59 Å². The number of piperazine rings is 1. The molecule has 1 fully saturated rings. The van der Waals surface area contributed by atoms with E-state index >= 15 is 0 Å². The topological polar surface area (TPSA) is 65.5 Å². The van der Waals surface area contributed by atoms with Crippen LogP contribution in [-0.4, -0.2) is 65.9 Å². The van der Waals surface area contributed by atoms with Crippen LogP contribution in [0, 0.1) is 0 Å². The van der Waals surface area contributed by atoms with Gasteiger partial charge >= 0.3 is 0 Å². The van der Waals surface area contributed by atoms with Crippen LogP contribution in [0.5, 0.6) is 0 Å². The number of carbonyl (C=O) groups excluding carboxylic acids is 2. The van der Waals surface area contributed by atoms with Gasteiger partial charge in [0.2, 0.25) is 5.91 Å². The Bertz CT molecular complexity index is 705. The number of aromatic nitrogens is 1. The third kappa shape index (κ3) is 4.24. The van der Waals surface area contributed by atoms with Crippen molar-refractivity contribution in [3.63, 3.8) is 0 Å². The van der Waals surface area contributed by atoms with Crippen LogP contribution in [0.2, 0.25) is 0 Å². The molecule has 2 aromatic rings. The quantitative estimate of drug-likeness (QED) is 0.874. The molecule has 1 unspecified atom stereocenters. The highest BCUT2D eigenvalue weighted by molar-refractivity contribution is 7.07. The van der Waals surface area contributed by atoms with Crippen LogP contribution in [-0.2, 0) is 11.2 Å². The molecule has 0 radical (unpaired) electrons. The molecule has 2 amide bonds. The molecule has 1 aliphatic rings. The molecular weight excluding hydrogens is 336 g/mol. The zero-order valence-electron chi connectivity index (χ0n) is 14.2. The standard InChI is InChI=1S/C18H22N4O2S/c1-19-17(23)16-11-21(8-7-14-5-3-2-4-6-14)9-10-22(16)18(24)15-12-25-13-20-15/h2-6,12-13,16H,7-11H2,1H3,(H,19,23). The third-order valence-electron chi connectivity index (χ3n) is 4.49. The summed E-state index contributed by atoms with van der Waals surface area (Å²) in [7, 11) is 1.61. The Morgan fingerprint density at radius 1 is 1.28 bits per heavy atom. The highest BCUT2D eigenvalue weighted by Gasteiger charge is 2.35. The lowest BCUT2D eigenvalue weighted by Crippen LogP contribution is -2.60. The van der Waals surface area contributed by atoms with Crippen LogP contribution in [0.1, 0.15) is 16.1 Å². The summed E-state index contributed by atoms with van der Waals surface area (Å²) in [5.41, 5.74) is 3.33. The molecule has 2 heterocycles.